The van der Waals surface area contributed by atoms with Crippen molar-refractivity contribution in [1.82, 2.24) is 5.32 Å². The molecule has 2 fully saturated rings. The van der Waals surface area contributed by atoms with Crippen LogP contribution in [0.1, 0.15) is 23.2 Å². The minimum Gasteiger partial charge on any atom is -0.336 e. The van der Waals surface area contributed by atoms with Gasteiger partial charge in [-0.2, -0.15) is 0 Å². The Morgan fingerprint density at radius 1 is 1.00 bits per heavy atom. The van der Waals surface area contributed by atoms with Gasteiger partial charge in [0.05, 0.1) is 0 Å². The second-order valence-corrected chi connectivity index (χ2v) is 6.73. The quantitative estimate of drug-likeness (QED) is 0.762. The number of nitrogens with one attached hydrogen (secondary N) is 3. The van der Waals surface area contributed by atoms with E-state index in [1.54, 1.807) is 47.4 Å². The highest BCUT2D eigenvalue weighted by molar-refractivity contribution is 6.06. The predicted octanol–water partition coefficient (Wildman–Crippen LogP) is 2.82. The number of hydrogen-bond acceptors (Lipinski definition) is 3. The second-order valence-electron chi connectivity index (χ2n) is 6.73. The Bertz CT molecular complexity index is 908. The summed E-state index contributed by atoms with van der Waals surface area (Å²) in [6.07, 6.45) is 1.86. The molecule has 7 heteroatoms. The second kappa shape index (κ2) is 7.11. The third-order valence-electron chi connectivity index (χ3n) is 4.61. The first-order valence-electron chi connectivity index (χ1n) is 8.98. The summed E-state index contributed by atoms with van der Waals surface area (Å²) in [4.78, 5) is 37.9. The maximum absolute atomic E-state index is 12.6. The van der Waals surface area contributed by atoms with E-state index in [4.69, 9.17) is 0 Å². The normalized spacial score (nSPS) is 16.0. The lowest BCUT2D eigenvalue weighted by Crippen LogP contribution is -2.27. The first kappa shape index (κ1) is 17.1. The Morgan fingerprint density at radius 3 is 2.44 bits per heavy atom. The van der Waals surface area contributed by atoms with E-state index in [1.807, 2.05) is 6.07 Å². The molecule has 0 radical (unpaired) electrons. The fourth-order valence-electron chi connectivity index (χ4n) is 3.00. The Labute approximate surface area is 156 Å². The Morgan fingerprint density at radius 2 is 1.74 bits per heavy atom. The van der Waals surface area contributed by atoms with Crippen LogP contribution in [0.3, 0.4) is 0 Å². The van der Waals surface area contributed by atoms with Crippen LogP contribution in [0.5, 0.6) is 0 Å². The predicted molar refractivity (Wildman–Crippen MR) is 103 cm³/mol. The summed E-state index contributed by atoms with van der Waals surface area (Å²) in [5.74, 6) is -0.169. The van der Waals surface area contributed by atoms with Gasteiger partial charge >= 0.3 is 6.03 Å². The van der Waals surface area contributed by atoms with Crippen LogP contribution in [0.4, 0.5) is 21.9 Å². The van der Waals surface area contributed by atoms with Crippen molar-refractivity contribution in [2.24, 2.45) is 5.92 Å². The zero-order valence-electron chi connectivity index (χ0n) is 14.7. The average Bonchev–Trinajstić information content (AvgIpc) is 3.43. The number of carbonyl (C=O) groups is 3. The zero-order chi connectivity index (χ0) is 18.8. The van der Waals surface area contributed by atoms with Crippen LogP contribution in [0, 0.1) is 5.92 Å². The molecule has 2 aliphatic rings. The van der Waals surface area contributed by atoms with E-state index in [1.165, 1.54) is 0 Å². The highest BCUT2D eigenvalue weighted by atomic mass is 16.2. The molecule has 0 atom stereocenters. The fourth-order valence-corrected chi connectivity index (χ4v) is 3.00. The molecule has 3 N–H and O–H groups in total. The molecule has 27 heavy (non-hydrogen) atoms. The number of urea groups is 1. The number of anilines is 3. The van der Waals surface area contributed by atoms with Crippen molar-refractivity contribution in [2.75, 3.05) is 28.6 Å². The SMILES string of the molecule is O=C(Nc1cccc(N2CCNC2=O)c1)c1cccc(NC(=O)C2CC2)c1. The van der Waals surface area contributed by atoms with Crippen molar-refractivity contribution in [3.63, 3.8) is 0 Å². The van der Waals surface area contributed by atoms with Gasteiger partial charge in [0.2, 0.25) is 5.91 Å². The van der Waals surface area contributed by atoms with E-state index in [0.717, 1.165) is 18.5 Å². The topological polar surface area (TPSA) is 90.5 Å². The van der Waals surface area contributed by atoms with Gasteiger partial charge in [0.25, 0.3) is 5.91 Å². The summed E-state index contributed by atoms with van der Waals surface area (Å²) in [5.41, 5.74) is 2.40. The van der Waals surface area contributed by atoms with Crippen molar-refractivity contribution in [2.45, 2.75) is 12.8 Å². The van der Waals surface area contributed by atoms with Crippen LogP contribution in [0.15, 0.2) is 48.5 Å². The van der Waals surface area contributed by atoms with Gasteiger partial charge in [-0.1, -0.05) is 12.1 Å². The molecular weight excluding hydrogens is 344 g/mol. The fraction of sp³-hybridized carbons (Fsp3) is 0.250. The molecule has 7 nitrogen and oxygen atoms in total. The summed E-state index contributed by atoms with van der Waals surface area (Å²) in [5, 5.41) is 8.44. The summed E-state index contributed by atoms with van der Waals surface area (Å²) in [6, 6.07) is 13.9. The number of benzene rings is 2. The molecule has 2 aromatic carbocycles. The Kier molecular flexibility index (Phi) is 4.50. The van der Waals surface area contributed by atoms with Gasteiger partial charge in [-0.15, -0.1) is 0 Å². The highest BCUT2D eigenvalue weighted by Crippen LogP contribution is 2.30. The third kappa shape index (κ3) is 3.92. The lowest BCUT2D eigenvalue weighted by atomic mass is 10.1. The molecule has 0 spiro atoms. The minimum atomic E-state index is -0.277. The molecule has 0 bridgehead atoms. The number of hydrogen-bond donors (Lipinski definition) is 3. The van der Waals surface area contributed by atoms with E-state index >= 15 is 0 Å². The van der Waals surface area contributed by atoms with Crippen molar-refractivity contribution >= 4 is 34.9 Å². The number of rotatable bonds is 5. The first-order chi connectivity index (χ1) is 13.1. The van der Waals surface area contributed by atoms with Gasteiger partial charge < -0.3 is 16.0 Å². The van der Waals surface area contributed by atoms with Gasteiger partial charge in [0.15, 0.2) is 0 Å². The molecular formula is C20H20N4O3. The van der Waals surface area contributed by atoms with Crippen molar-refractivity contribution in [1.29, 1.82) is 0 Å². The van der Waals surface area contributed by atoms with Crippen molar-refractivity contribution < 1.29 is 14.4 Å². The summed E-state index contributed by atoms with van der Waals surface area (Å²) >= 11 is 0. The summed E-state index contributed by atoms with van der Waals surface area (Å²) in [7, 11) is 0. The largest absolute Gasteiger partial charge is 0.336 e. The molecule has 1 aliphatic carbocycles. The highest BCUT2D eigenvalue weighted by Gasteiger charge is 2.29. The molecule has 138 valence electrons. The smallest absolute Gasteiger partial charge is 0.321 e. The lowest BCUT2D eigenvalue weighted by molar-refractivity contribution is -0.117. The van der Waals surface area contributed by atoms with Gasteiger partial charge in [0.1, 0.15) is 0 Å². The van der Waals surface area contributed by atoms with Crippen molar-refractivity contribution in [3.05, 3.63) is 54.1 Å². The van der Waals surface area contributed by atoms with Gasteiger partial charge in [-0.25, -0.2) is 4.79 Å². The van der Waals surface area contributed by atoms with Gasteiger partial charge in [-0.3, -0.25) is 14.5 Å². The first-order valence-corrected chi connectivity index (χ1v) is 8.98. The van der Waals surface area contributed by atoms with Crippen LogP contribution in [0.25, 0.3) is 0 Å². The number of carbonyl (C=O) groups excluding carboxylic acids is 3. The molecule has 0 aromatic heterocycles. The van der Waals surface area contributed by atoms with E-state index in [-0.39, 0.29) is 23.8 Å². The minimum absolute atomic E-state index is 0.00384. The molecule has 4 rings (SSSR count). The van der Waals surface area contributed by atoms with Crippen LogP contribution in [0.2, 0.25) is 0 Å². The van der Waals surface area contributed by atoms with Gasteiger partial charge in [0, 0.05) is 41.6 Å². The van der Waals surface area contributed by atoms with E-state index in [2.05, 4.69) is 16.0 Å². The average molecular weight is 364 g/mol. The van der Waals surface area contributed by atoms with Crippen LogP contribution >= 0.6 is 0 Å². The number of nitrogens with zero attached hydrogens (tertiary/aromatic N) is 1. The Balaban J connectivity index is 1.46. The number of amides is 4. The standard InChI is InChI=1S/C20H20N4O3/c25-18(13-7-8-13)22-15-4-1-3-14(11-15)19(26)23-16-5-2-6-17(12-16)24-10-9-21-20(24)27/h1-6,11-13H,7-10H2,(H,21,27)(H,22,25)(H,23,26). The van der Waals surface area contributed by atoms with Gasteiger partial charge in [-0.05, 0) is 49.2 Å². The third-order valence-corrected chi connectivity index (χ3v) is 4.61. The maximum Gasteiger partial charge on any atom is 0.321 e. The molecule has 1 saturated carbocycles. The van der Waals surface area contributed by atoms with Crippen LogP contribution < -0.4 is 20.9 Å². The van der Waals surface area contributed by atoms with E-state index in [9.17, 15) is 14.4 Å². The summed E-state index contributed by atoms with van der Waals surface area (Å²) in [6.45, 7) is 1.20. The van der Waals surface area contributed by atoms with Crippen LogP contribution in [-0.4, -0.2) is 30.9 Å². The monoisotopic (exact) mass is 364 g/mol. The van der Waals surface area contributed by atoms with Crippen molar-refractivity contribution in [3.8, 4) is 0 Å². The van der Waals surface area contributed by atoms with Crippen LogP contribution in [-0.2, 0) is 4.79 Å². The molecule has 0 unspecified atom stereocenters. The molecule has 4 amide bonds. The molecule has 1 heterocycles. The maximum atomic E-state index is 12.6. The molecule has 1 saturated heterocycles. The Hall–Kier alpha value is -3.35. The lowest BCUT2D eigenvalue weighted by Gasteiger charge is -2.15. The van der Waals surface area contributed by atoms with E-state index < -0.39 is 0 Å². The summed E-state index contributed by atoms with van der Waals surface area (Å²) < 4.78 is 0. The van der Waals surface area contributed by atoms with E-state index in [0.29, 0.717) is 30.0 Å². The zero-order valence-corrected chi connectivity index (χ0v) is 14.7. The molecule has 1 aliphatic heterocycles. The molecule has 2 aromatic rings.